The number of hydrogen-bond acceptors (Lipinski definition) is 3. The SMILES string of the molecule is Cc1ccc(S(=O)(=O)CCCn2cc(Br)cn2)cc1. The van der Waals surface area contributed by atoms with Crippen LogP contribution in [0.15, 0.2) is 46.0 Å². The van der Waals surface area contributed by atoms with Crippen molar-refractivity contribution < 1.29 is 8.42 Å². The summed E-state index contributed by atoms with van der Waals surface area (Å²) in [5, 5.41) is 4.09. The minimum atomic E-state index is -3.19. The number of halogens is 1. The van der Waals surface area contributed by atoms with Crippen LogP contribution in [0.1, 0.15) is 12.0 Å². The van der Waals surface area contributed by atoms with E-state index in [-0.39, 0.29) is 5.75 Å². The molecule has 1 aromatic heterocycles. The minimum absolute atomic E-state index is 0.132. The van der Waals surface area contributed by atoms with Gasteiger partial charge >= 0.3 is 0 Å². The van der Waals surface area contributed by atoms with E-state index in [2.05, 4.69) is 21.0 Å². The van der Waals surface area contributed by atoms with Crippen molar-refractivity contribution in [2.45, 2.75) is 24.8 Å². The smallest absolute Gasteiger partial charge is 0.178 e. The Labute approximate surface area is 121 Å². The summed E-state index contributed by atoms with van der Waals surface area (Å²) in [6.45, 7) is 2.53. The number of rotatable bonds is 5. The third-order valence-electron chi connectivity index (χ3n) is 2.78. The Bertz CT molecular complexity index is 648. The van der Waals surface area contributed by atoms with Crippen molar-refractivity contribution in [3.63, 3.8) is 0 Å². The second-order valence-electron chi connectivity index (χ2n) is 4.41. The zero-order valence-corrected chi connectivity index (χ0v) is 13.0. The van der Waals surface area contributed by atoms with Crippen LogP contribution in [0.4, 0.5) is 0 Å². The second-order valence-corrected chi connectivity index (χ2v) is 7.43. The quantitative estimate of drug-likeness (QED) is 0.839. The van der Waals surface area contributed by atoms with Gasteiger partial charge in [-0.3, -0.25) is 4.68 Å². The van der Waals surface area contributed by atoms with E-state index in [0.717, 1.165) is 10.0 Å². The van der Waals surface area contributed by atoms with Gasteiger partial charge in [0.05, 0.1) is 21.3 Å². The van der Waals surface area contributed by atoms with Gasteiger partial charge in [0.25, 0.3) is 0 Å². The highest BCUT2D eigenvalue weighted by Gasteiger charge is 2.13. The topological polar surface area (TPSA) is 52.0 Å². The Kier molecular flexibility index (Phi) is 4.42. The molecule has 102 valence electrons. The van der Waals surface area contributed by atoms with Crippen molar-refractivity contribution in [3.8, 4) is 0 Å². The van der Waals surface area contributed by atoms with Crippen LogP contribution in [0, 0.1) is 6.92 Å². The van der Waals surface area contributed by atoms with Gasteiger partial charge in [-0.2, -0.15) is 5.10 Å². The zero-order chi connectivity index (χ0) is 13.9. The van der Waals surface area contributed by atoms with Crippen LogP contribution in [0.25, 0.3) is 0 Å². The van der Waals surface area contributed by atoms with E-state index in [4.69, 9.17) is 0 Å². The van der Waals surface area contributed by atoms with Gasteiger partial charge < -0.3 is 0 Å². The van der Waals surface area contributed by atoms with E-state index in [1.54, 1.807) is 23.0 Å². The Balaban J connectivity index is 1.96. The van der Waals surface area contributed by atoms with Crippen molar-refractivity contribution in [1.82, 2.24) is 9.78 Å². The highest BCUT2D eigenvalue weighted by Crippen LogP contribution is 2.13. The van der Waals surface area contributed by atoms with Crippen LogP contribution < -0.4 is 0 Å². The number of benzene rings is 1. The van der Waals surface area contributed by atoms with Gasteiger partial charge in [0.1, 0.15) is 0 Å². The first-order chi connectivity index (χ1) is 8.97. The van der Waals surface area contributed by atoms with Gasteiger partial charge in [-0.25, -0.2) is 8.42 Å². The number of hydrogen-bond donors (Lipinski definition) is 0. The van der Waals surface area contributed by atoms with Gasteiger partial charge in [-0.05, 0) is 41.4 Å². The fourth-order valence-electron chi connectivity index (χ4n) is 1.74. The summed E-state index contributed by atoms with van der Waals surface area (Å²) in [5.74, 6) is 0.132. The second kappa shape index (κ2) is 5.88. The van der Waals surface area contributed by atoms with Crippen molar-refractivity contribution in [1.29, 1.82) is 0 Å². The Morgan fingerprint density at radius 2 is 1.95 bits per heavy atom. The predicted octanol–water partition coefficient (Wildman–Crippen LogP) is 2.82. The molecule has 19 heavy (non-hydrogen) atoms. The molecule has 2 rings (SSSR count). The Hall–Kier alpha value is -1.14. The minimum Gasteiger partial charge on any atom is -0.272 e. The van der Waals surface area contributed by atoms with E-state index in [9.17, 15) is 8.42 Å². The van der Waals surface area contributed by atoms with E-state index >= 15 is 0 Å². The number of aryl methyl sites for hydroxylation is 2. The molecule has 4 nitrogen and oxygen atoms in total. The van der Waals surface area contributed by atoms with Crippen molar-refractivity contribution in [2.24, 2.45) is 0 Å². The first-order valence-corrected chi connectivity index (χ1v) is 8.39. The molecular formula is C13H15BrN2O2S. The summed E-state index contributed by atoms with van der Waals surface area (Å²) in [7, 11) is -3.19. The van der Waals surface area contributed by atoms with Crippen LogP contribution in [-0.2, 0) is 16.4 Å². The van der Waals surface area contributed by atoms with Crippen molar-refractivity contribution in [3.05, 3.63) is 46.7 Å². The summed E-state index contributed by atoms with van der Waals surface area (Å²) in [6.07, 6.45) is 4.07. The third-order valence-corrected chi connectivity index (χ3v) is 5.01. The van der Waals surface area contributed by atoms with E-state index in [0.29, 0.717) is 17.9 Å². The molecule has 0 unspecified atom stereocenters. The Morgan fingerprint density at radius 3 is 2.53 bits per heavy atom. The molecule has 0 fully saturated rings. The first kappa shape index (κ1) is 14.3. The third kappa shape index (κ3) is 3.91. The molecule has 6 heteroatoms. The zero-order valence-electron chi connectivity index (χ0n) is 10.6. The van der Waals surface area contributed by atoms with Gasteiger partial charge in [-0.15, -0.1) is 0 Å². The largest absolute Gasteiger partial charge is 0.272 e. The van der Waals surface area contributed by atoms with Gasteiger partial charge in [0.2, 0.25) is 0 Å². The molecule has 2 aromatic rings. The maximum Gasteiger partial charge on any atom is 0.178 e. The molecule has 0 radical (unpaired) electrons. The highest BCUT2D eigenvalue weighted by molar-refractivity contribution is 9.10. The molecule has 0 bridgehead atoms. The summed E-state index contributed by atoms with van der Waals surface area (Å²) < 4.78 is 26.8. The summed E-state index contributed by atoms with van der Waals surface area (Å²) in [4.78, 5) is 0.389. The van der Waals surface area contributed by atoms with Crippen LogP contribution in [-0.4, -0.2) is 24.0 Å². The van der Waals surface area contributed by atoms with E-state index in [1.807, 2.05) is 25.3 Å². The molecule has 0 spiro atoms. The average Bonchev–Trinajstić information content (AvgIpc) is 2.75. The van der Waals surface area contributed by atoms with Crippen LogP contribution in [0.2, 0.25) is 0 Å². The average molecular weight is 343 g/mol. The van der Waals surface area contributed by atoms with Gasteiger partial charge in [0.15, 0.2) is 9.84 Å². The lowest BCUT2D eigenvalue weighted by atomic mass is 10.2. The lowest BCUT2D eigenvalue weighted by Gasteiger charge is -2.05. The normalized spacial score (nSPS) is 11.7. The lowest BCUT2D eigenvalue weighted by molar-refractivity contribution is 0.572. The maximum absolute atomic E-state index is 12.1. The van der Waals surface area contributed by atoms with Crippen LogP contribution >= 0.6 is 15.9 Å². The lowest BCUT2D eigenvalue weighted by Crippen LogP contribution is -2.10. The summed E-state index contributed by atoms with van der Waals surface area (Å²) >= 11 is 3.31. The summed E-state index contributed by atoms with van der Waals surface area (Å²) in [5.41, 5.74) is 1.06. The number of nitrogens with zero attached hydrogens (tertiary/aromatic N) is 2. The molecule has 0 aliphatic carbocycles. The molecule has 0 aliphatic rings. The highest BCUT2D eigenvalue weighted by atomic mass is 79.9. The molecule has 1 aromatic carbocycles. The predicted molar refractivity (Wildman–Crippen MR) is 77.8 cm³/mol. The molecule has 0 atom stereocenters. The van der Waals surface area contributed by atoms with E-state index in [1.165, 1.54) is 0 Å². The number of aromatic nitrogens is 2. The fraction of sp³-hybridized carbons (Fsp3) is 0.308. The molecule has 1 heterocycles. The Morgan fingerprint density at radius 1 is 1.26 bits per heavy atom. The van der Waals surface area contributed by atoms with Gasteiger partial charge in [0, 0.05) is 12.7 Å². The van der Waals surface area contributed by atoms with Crippen molar-refractivity contribution >= 4 is 25.8 Å². The molecular weight excluding hydrogens is 328 g/mol. The maximum atomic E-state index is 12.1. The van der Waals surface area contributed by atoms with Crippen molar-refractivity contribution in [2.75, 3.05) is 5.75 Å². The molecule has 0 saturated heterocycles. The molecule has 0 saturated carbocycles. The molecule has 0 amide bonds. The molecule has 0 aliphatic heterocycles. The monoisotopic (exact) mass is 342 g/mol. The van der Waals surface area contributed by atoms with Crippen LogP contribution in [0.3, 0.4) is 0 Å². The van der Waals surface area contributed by atoms with Gasteiger partial charge in [-0.1, -0.05) is 17.7 Å². The van der Waals surface area contributed by atoms with E-state index < -0.39 is 9.84 Å². The first-order valence-electron chi connectivity index (χ1n) is 5.95. The van der Waals surface area contributed by atoms with Crippen LogP contribution in [0.5, 0.6) is 0 Å². The fourth-order valence-corrected chi connectivity index (χ4v) is 3.36. The number of sulfone groups is 1. The summed E-state index contributed by atoms with van der Waals surface area (Å²) in [6, 6.07) is 6.96. The molecule has 0 N–H and O–H groups in total. The standard InChI is InChI=1S/C13H15BrN2O2S/c1-11-3-5-13(6-4-11)19(17,18)8-2-7-16-10-12(14)9-15-16/h3-6,9-10H,2,7-8H2,1H3.